The topological polar surface area (TPSA) is 120 Å². The first-order chi connectivity index (χ1) is 15.5. The Morgan fingerprint density at radius 2 is 1.91 bits per heavy atom. The molecule has 1 aliphatic rings. The van der Waals surface area contributed by atoms with Crippen LogP contribution in [0.15, 0.2) is 39.9 Å². The van der Waals surface area contributed by atoms with Gasteiger partial charge in [0.05, 0.1) is 19.4 Å². The largest absolute Gasteiger partial charge is 0.495 e. The first-order valence-electron chi connectivity index (χ1n) is 10.2. The maximum atomic E-state index is 12.9. The Bertz CT molecular complexity index is 1190. The molecule has 0 spiro atoms. The van der Waals surface area contributed by atoms with E-state index in [0.717, 1.165) is 16.0 Å². The molecule has 0 aliphatic carbocycles. The Balaban J connectivity index is 1.47. The van der Waals surface area contributed by atoms with E-state index in [4.69, 9.17) is 14.0 Å². The van der Waals surface area contributed by atoms with E-state index >= 15 is 0 Å². The average molecular weight is 441 g/mol. The molecule has 1 amide bonds. The number of rotatable bonds is 6. The molecule has 0 saturated carbocycles. The van der Waals surface area contributed by atoms with Crippen molar-refractivity contribution < 1.29 is 23.6 Å². The molecule has 3 aromatic rings. The molecule has 0 N–H and O–H groups in total. The molecule has 2 aromatic heterocycles. The summed E-state index contributed by atoms with van der Waals surface area (Å²) in [5.74, 6) is -0.215. The lowest BCUT2D eigenvalue weighted by Crippen LogP contribution is -2.50. The number of aromatic nitrogens is 3. The monoisotopic (exact) mass is 441 g/mol. The highest BCUT2D eigenvalue weighted by Gasteiger charge is 2.26. The summed E-state index contributed by atoms with van der Waals surface area (Å²) in [7, 11) is 1.63. The van der Waals surface area contributed by atoms with Gasteiger partial charge >= 0.3 is 5.97 Å². The molecule has 1 saturated heterocycles. The summed E-state index contributed by atoms with van der Waals surface area (Å²) in [4.78, 5) is 45.6. The predicted molar refractivity (Wildman–Crippen MR) is 114 cm³/mol. The summed E-state index contributed by atoms with van der Waals surface area (Å²) >= 11 is 0. The smallest absolute Gasteiger partial charge is 0.361 e. The minimum absolute atomic E-state index is 0.0767. The van der Waals surface area contributed by atoms with Gasteiger partial charge in [-0.05, 0) is 19.1 Å². The minimum atomic E-state index is -0.776. The van der Waals surface area contributed by atoms with Gasteiger partial charge in [-0.2, -0.15) is 0 Å². The van der Waals surface area contributed by atoms with Crippen LogP contribution in [0.3, 0.4) is 0 Å². The Labute approximate surface area is 183 Å². The van der Waals surface area contributed by atoms with Gasteiger partial charge in [0.15, 0.2) is 0 Å². The summed E-state index contributed by atoms with van der Waals surface area (Å²) < 4.78 is 16.4. The van der Waals surface area contributed by atoms with Gasteiger partial charge in [0.2, 0.25) is 11.6 Å². The van der Waals surface area contributed by atoms with Gasteiger partial charge < -0.3 is 23.8 Å². The lowest BCUT2D eigenvalue weighted by molar-refractivity contribution is -0.132. The number of esters is 1. The van der Waals surface area contributed by atoms with Crippen molar-refractivity contribution in [3.05, 3.63) is 46.6 Å². The van der Waals surface area contributed by atoms with Crippen LogP contribution in [-0.2, 0) is 16.1 Å². The van der Waals surface area contributed by atoms with E-state index in [1.807, 2.05) is 24.3 Å². The third kappa shape index (κ3) is 4.01. The van der Waals surface area contributed by atoms with Crippen molar-refractivity contribution in [1.82, 2.24) is 19.6 Å². The maximum Gasteiger partial charge on any atom is 0.361 e. The molecule has 0 bridgehead atoms. The van der Waals surface area contributed by atoms with E-state index in [2.05, 4.69) is 15.0 Å². The lowest BCUT2D eigenvalue weighted by Gasteiger charge is -2.36. The fourth-order valence-electron chi connectivity index (χ4n) is 3.67. The van der Waals surface area contributed by atoms with Crippen LogP contribution in [0.1, 0.15) is 17.4 Å². The zero-order valence-corrected chi connectivity index (χ0v) is 17.8. The zero-order chi connectivity index (χ0) is 22.7. The van der Waals surface area contributed by atoms with Crippen LogP contribution in [-0.4, -0.2) is 71.4 Å². The Kier molecular flexibility index (Phi) is 6.06. The van der Waals surface area contributed by atoms with Crippen LogP contribution in [0.4, 0.5) is 5.69 Å². The number of para-hydroxylation sites is 2. The van der Waals surface area contributed by atoms with E-state index in [-0.39, 0.29) is 35.9 Å². The zero-order valence-electron chi connectivity index (χ0n) is 17.8. The standard InChI is InChI=1S/C21H23N5O6/c1-3-31-21(29)18-17-19(32-23-18)22-13-26(20(17)28)12-16(27)25-10-8-24(9-11-25)14-6-4-5-7-15(14)30-2/h4-7,13H,3,8-12H2,1-2H3. The van der Waals surface area contributed by atoms with Gasteiger partial charge in [-0.15, -0.1) is 0 Å². The van der Waals surface area contributed by atoms with Crippen LogP contribution in [0, 0.1) is 0 Å². The normalized spacial score (nSPS) is 13.9. The summed E-state index contributed by atoms with van der Waals surface area (Å²) in [6.07, 6.45) is 1.22. The summed E-state index contributed by atoms with van der Waals surface area (Å²) in [5.41, 5.74) is 0.0750. The maximum absolute atomic E-state index is 12.9. The molecule has 168 valence electrons. The molecular formula is C21H23N5O6. The summed E-state index contributed by atoms with van der Waals surface area (Å²) in [6, 6.07) is 7.74. The van der Waals surface area contributed by atoms with Crippen LogP contribution in [0.2, 0.25) is 0 Å². The molecule has 11 heteroatoms. The fourth-order valence-corrected chi connectivity index (χ4v) is 3.67. The fraction of sp³-hybridized carbons (Fsp3) is 0.381. The van der Waals surface area contributed by atoms with Gasteiger partial charge in [0.25, 0.3) is 11.3 Å². The number of methoxy groups -OCH3 is 1. The molecule has 0 atom stereocenters. The van der Waals surface area contributed by atoms with Crippen molar-refractivity contribution in [1.29, 1.82) is 0 Å². The van der Waals surface area contributed by atoms with Crippen molar-refractivity contribution in [2.45, 2.75) is 13.5 Å². The van der Waals surface area contributed by atoms with E-state index in [1.165, 1.54) is 6.33 Å². The molecule has 32 heavy (non-hydrogen) atoms. The molecule has 4 rings (SSSR count). The highest BCUT2D eigenvalue weighted by Crippen LogP contribution is 2.28. The van der Waals surface area contributed by atoms with Gasteiger partial charge in [-0.3, -0.25) is 14.2 Å². The molecule has 1 aromatic carbocycles. The second kappa shape index (κ2) is 9.08. The molecule has 0 unspecified atom stereocenters. The Morgan fingerprint density at radius 3 is 2.62 bits per heavy atom. The van der Waals surface area contributed by atoms with E-state index in [9.17, 15) is 14.4 Å². The first-order valence-corrected chi connectivity index (χ1v) is 10.2. The number of hydrogen-bond acceptors (Lipinski definition) is 9. The predicted octanol–water partition coefficient (Wildman–Crippen LogP) is 0.919. The second-order valence-electron chi connectivity index (χ2n) is 7.15. The van der Waals surface area contributed by atoms with Crippen molar-refractivity contribution in [2.75, 3.05) is 44.8 Å². The molecular weight excluding hydrogens is 418 g/mol. The summed E-state index contributed by atoms with van der Waals surface area (Å²) in [5, 5.41) is 3.50. The number of anilines is 1. The van der Waals surface area contributed by atoms with Gasteiger partial charge in [0.1, 0.15) is 24.0 Å². The number of amides is 1. The van der Waals surface area contributed by atoms with Gasteiger partial charge in [0, 0.05) is 26.2 Å². The third-order valence-electron chi connectivity index (χ3n) is 5.30. The van der Waals surface area contributed by atoms with Crippen molar-refractivity contribution >= 4 is 28.7 Å². The van der Waals surface area contributed by atoms with Crippen molar-refractivity contribution in [2.24, 2.45) is 0 Å². The van der Waals surface area contributed by atoms with E-state index in [1.54, 1.807) is 18.9 Å². The quantitative estimate of drug-likeness (QED) is 0.514. The number of benzene rings is 1. The highest BCUT2D eigenvalue weighted by atomic mass is 16.5. The van der Waals surface area contributed by atoms with Crippen molar-refractivity contribution in [3.8, 4) is 5.75 Å². The first kappa shape index (κ1) is 21.3. The van der Waals surface area contributed by atoms with Gasteiger partial charge in [-0.25, -0.2) is 9.78 Å². The number of nitrogens with zero attached hydrogens (tertiary/aromatic N) is 5. The van der Waals surface area contributed by atoms with Crippen LogP contribution < -0.4 is 15.2 Å². The Morgan fingerprint density at radius 1 is 1.16 bits per heavy atom. The van der Waals surface area contributed by atoms with Crippen LogP contribution >= 0.6 is 0 Å². The SMILES string of the molecule is CCOC(=O)c1noc2ncn(CC(=O)N3CCN(c4ccccc4OC)CC3)c(=O)c12. The van der Waals surface area contributed by atoms with Crippen LogP contribution in [0.5, 0.6) is 5.75 Å². The third-order valence-corrected chi connectivity index (χ3v) is 5.30. The average Bonchev–Trinajstić information content (AvgIpc) is 3.26. The molecule has 0 radical (unpaired) electrons. The Hall–Kier alpha value is -3.89. The van der Waals surface area contributed by atoms with E-state index in [0.29, 0.717) is 26.2 Å². The molecule has 3 heterocycles. The van der Waals surface area contributed by atoms with Crippen LogP contribution in [0.25, 0.3) is 11.1 Å². The number of ether oxygens (including phenoxy) is 2. The number of carbonyl (C=O) groups is 2. The van der Waals surface area contributed by atoms with Gasteiger partial charge in [-0.1, -0.05) is 17.3 Å². The molecule has 1 aliphatic heterocycles. The highest BCUT2D eigenvalue weighted by molar-refractivity contribution is 5.99. The van der Waals surface area contributed by atoms with E-state index < -0.39 is 11.5 Å². The molecule has 11 nitrogen and oxygen atoms in total. The number of hydrogen-bond donors (Lipinski definition) is 0. The minimum Gasteiger partial charge on any atom is -0.495 e. The number of carbonyl (C=O) groups excluding carboxylic acids is 2. The van der Waals surface area contributed by atoms with Crippen molar-refractivity contribution in [3.63, 3.8) is 0 Å². The number of piperazine rings is 1. The lowest BCUT2D eigenvalue weighted by atomic mass is 10.2. The summed E-state index contributed by atoms with van der Waals surface area (Å²) in [6.45, 7) is 3.84. The number of fused-ring (bicyclic) bond motifs is 1. The second-order valence-corrected chi connectivity index (χ2v) is 7.15. The molecule has 1 fully saturated rings.